The van der Waals surface area contributed by atoms with E-state index in [0.29, 0.717) is 21.9 Å². The van der Waals surface area contributed by atoms with Crippen LogP contribution in [0.1, 0.15) is 11.1 Å². The largest absolute Gasteiger partial charge is 0.456 e. The Labute approximate surface area is 151 Å². The highest BCUT2D eigenvalue weighted by Crippen LogP contribution is 2.21. The first kappa shape index (κ1) is 16.2. The van der Waals surface area contributed by atoms with Gasteiger partial charge >= 0.3 is 0 Å². The van der Waals surface area contributed by atoms with E-state index in [9.17, 15) is 4.79 Å². The average molecular weight is 341 g/mol. The fourth-order valence-electron chi connectivity index (χ4n) is 3.00. The number of rotatable bonds is 3. The second-order valence-electron chi connectivity index (χ2n) is 6.50. The zero-order chi connectivity index (χ0) is 18.1. The van der Waals surface area contributed by atoms with Crippen LogP contribution in [0.4, 0.5) is 5.69 Å². The normalized spacial score (nSPS) is 11.5. The van der Waals surface area contributed by atoms with Crippen molar-refractivity contribution >= 4 is 39.8 Å². The maximum Gasteiger partial charge on any atom is 0.200 e. The summed E-state index contributed by atoms with van der Waals surface area (Å²) in [5.74, 6) is 0. The number of hydrogen-bond donors (Lipinski definition) is 0. The van der Waals surface area contributed by atoms with Gasteiger partial charge in [-0.3, -0.25) is 4.79 Å². The molecule has 0 fully saturated rings. The number of para-hydroxylation sites is 1. The second kappa shape index (κ2) is 6.52. The molecule has 1 aromatic heterocycles. The molecular weight excluding hydrogens is 322 g/mol. The van der Waals surface area contributed by atoms with Gasteiger partial charge < -0.3 is 9.32 Å². The predicted octanol–water partition coefficient (Wildman–Crippen LogP) is 5.18. The minimum absolute atomic E-state index is 0.0108. The number of nitrogens with zero attached hydrogens (tertiary/aromatic N) is 1. The molecule has 3 aromatic carbocycles. The number of fused-ring (bicyclic) bond motifs is 2. The van der Waals surface area contributed by atoms with Gasteiger partial charge in [0.25, 0.3) is 0 Å². The maximum absolute atomic E-state index is 12.6. The molecule has 0 N–H and O–H groups in total. The molecule has 0 bridgehead atoms. The Bertz CT molecular complexity index is 1170. The monoisotopic (exact) mass is 341 g/mol. The summed E-state index contributed by atoms with van der Waals surface area (Å²) < 4.78 is 5.92. The standard InChI is InChI=1S/C23H19NO2/c1-24(2)18-12-9-16(10-13-18)7-8-17-11-14-20-22(15-17)26-21-6-4-3-5-19(21)23(20)25/h3-15H,1-2H3. The molecule has 0 aliphatic rings. The van der Waals surface area contributed by atoms with Gasteiger partial charge in [-0.1, -0.05) is 42.5 Å². The van der Waals surface area contributed by atoms with Gasteiger partial charge in [0.15, 0.2) is 0 Å². The molecule has 0 aliphatic carbocycles. The van der Waals surface area contributed by atoms with Gasteiger partial charge in [-0.05, 0) is 47.5 Å². The first-order chi connectivity index (χ1) is 12.6. The van der Waals surface area contributed by atoms with Crippen molar-refractivity contribution < 1.29 is 4.42 Å². The van der Waals surface area contributed by atoms with Crippen LogP contribution in [0, 0.1) is 0 Å². The smallest absolute Gasteiger partial charge is 0.200 e. The lowest BCUT2D eigenvalue weighted by Crippen LogP contribution is -2.07. The van der Waals surface area contributed by atoms with Gasteiger partial charge in [-0.2, -0.15) is 0 Å². The van der Waals surface area contributed by atoms with Crippen molar-refractivity contribution in [2.45, 2.75) is 0 Å². The summed E-state index contributed by atoms with van der Waals surface area (Å²) in [5, 5.41) is 1.22. The second-order valence-corrected chi connectivity index (χ2v) is 6.50. The van der Waals surface area contributed by atoms with Crippen LogP contribution in [0.3, 0.4) is 0 Å². The Morgan fingerprint density at radius 1 is 0.769 bits per heavy atom. The Kier molecular flexibility index (Phi) is 4.05. The van der Waals surface area contributed by atoms with Crippen molar-refractivity contribution in [2.24, 2.45) is 0 Å². The molecule has 26 heavy (non-hydrogen) atoms. The lowest BCUT2D eigenvalue weighted by molar-refractivity contribution is 0.660. The minimum Gasteiger partial charge on any atom is -0.456 e. The third kappa shape index (κ3) is 3.00. The van der Waals surface area contributed by atoms with Crippen LogP contribution in [0.25, 0.3) is 34.1 Å². The molecule has 0 atom stereocenters. The van der Waals surface area contributed by atoms with Crippen LogP contribution >= 0.6 is 0 Å². The van der Waals surface area contributed by atoms with E-state index in [2.05, 4.69) is 35.2 Å². The molecule has 128 valence electrons. The van der Waals surface area contributed by atoms with Crippen molar-refractivity contribution in [3.8, 4) is 0 Å². The maximum atomic E-state index is 12.6. The Morgan fingerprint density at radius 2 is 1.42 bits per heavy atom. The average Bonchev–Trinajstić information content (AvgIpc) is 2.66. The van der Waals surface area contributed by atoms with Gasteiger partial charge in [-0.15, -0.1) is 0 Å². The number of anilines is 1. The molecule has 4 aromatic rings. The highest BCUT2D eigenvalue weighted by atomic mass is 16.3. The van der Waals surface area contributed by atoms with E-state index in [-0.39, 0.29) is 5.43 Å². The van der Waals surface area contributed by atoms with Crippen molar-refractivity contribution in [1.82, 2.24) is 0 Å². The summed E-state index contributed by atoms with van der Waals surface area (Å²) >= 11 is 0. The van der Waals surface area contributed by atoms with Crippen LogP contribution in [-0.4, -0.2) is 14.1 Å². The van der Waals surface area contributed by atoms with E-state index in [1.54, 1.807) is 6.07 Å². The van der Waals surface area contributed by atoms with Gasteiger partial charge in [-0.25, -0.2) is 0 Å². The third-order valence-corrected chi connectivity index (χ3v) is 4.48. The minimum atomic E-state index is 0.0108. The van der Waals surface area contributed by atoms with Gasteiger partial charge in [0, 0.05) is 19.8 Å². The molecule has 0 amide bonds. The Morgan fingerprint density at radius 3 is 2.19 bits per heavy atom. The predicted molar refractivity (Wildman–Crippen MR) is 110 cm³/mol. The molecule has 0 saturated carbocycles. The first-order valence-electron chi connectivity index (χ1n) is 8.53. The van der Waals surface area contributed by atoms with Gasteiger partial charge in [0.2, 0.25) is 5.43 Å². The van der Waals surface area contributed by atoms with Crippen LogP contribution in [0.5, 0.6) is 0 Å². The topological polar surface area (TPSA) is 33.5 Å². The highest BCUT2D eigenvalue weighted by molar-refractivity contribution is 5.91. The number of hydrogen-bond acceptors (Lipinski definition) is 3. The molecule has 3 nitrogen and oxygen atoms in total. The van der Waals surface area contributed by atoms with Crippen molar-refractivity contribution in [3.05, 3.63) is 88.1 Å². The summed E-state index contributed by atoms with van der Waals surface area (Å²) in [6.45, 7) is 0. The van der Waals surface area contributed by atoms with E-state index >= 15 is 0 Å². The zero-order valence-corrected chi connectivity index (χ0v) is 14.8. The fraction of sp³-hybridized carbons (Fsp3) is 0.0870. The van der Waals surface area contributed by atoms with E-state index < -0.39 is 0 Å². The first-order valence-corrected chi connectivity index (χ1v) is 8.53. The van der Waals surface area contributed by atoms with Gasteiger partial charge in [0.1, 0.15) is 11.2 Å². The Balaban J connectivity index is 1.71. The summed E-state index contributed by atoms with van der Waals surface area (Å²) in [6, 6.07) is 21.4. The molecule has 0 saturated heterocycles. The van der Waals surface area contributed by atoms with Crippen LogP contribution in [0.15, 0.2) is 75.9 Å². The third-order valence-electron chi connectivity index (χ3n) is 4.48. The van der Waals surface area contributed by atoms with E-state index in [1.165, 1.54) is 5.69 Å². The summed E-state index contributed by atoms with van der Waals surface area (Å²) in [6.07, 6.45) is 4.08. The summed E-state index contributed by atoms with van der Waals surface area (Å²) in [4.78, 5) is 14.7. The zero-order valence-electron chi connectivity index (χ0n) is 14.8. The quantitative estimate of drug-likeness (QED) is 0.380. The number of benzene rings is 3. The molecule has 0 spiro atoms. The Hall–Kier alpha value is -3.33. The molecule has 4 rings (SSSR count). The lowest BCUT2D eigenvalue weighted by atomic mass is 10.1. The fourth-order valence-corrected chi connectivity index (χ4v) is 3.00. The summed E-state index contributed by atoms with van der Waals surface area (Å²) in [5.41, 5.74) is 4.52. The summed E-state index contributed by atoms with van der Waals surface area (Å²) in [7, 11) is 4.05. The van der Waals surface area contributed by atoms with Crippen molar-refractivity contribution in [2.75, 3.05) is 19.0 Å². The van der Waals surface area contributed by atoms with Crippen molar-refractivity contribution in [1.29, 1.82) is 0 Å². The van der Waals surface area contributed by atoms with Crippen molar-refractivity contribution in [3.63, 3.8) is 0 Å². The molecule has 1 heterocycles. The molecule has 0 aliphatic heterocycles. The van der Waals surface area contributed by atoms with Crippen LogP contribution < -0.4 is 10.3 Å². The molecule has 3 heteroatoms. The van der Waals surface area contributed by atoms with Crippen LogP contribution in [0.2, 0.25) is 0 Å². The molecule has 0 radical (unpaired) electrons. The van der Waals surface area contributed by atoms with E-state index in [1.807, 2.05) is 56.6 Å². The highest BCUT2D eigenvalue weighted by Gasteiger charge is 2.07. The van der Waals surface area contributed by atoms with E-state index in [4.69, 9.17) is 4.42 Å². The van der Waals surface area contributed by atoms with E-state index in [0.717, 1.165) is 11.1 Å². The van der Waals surface area contributed by atoms with Gasteiger partial charge in [0.05, 0.1) is 10.8 Å². The lowest BCUT2D eigenvalue weighted by Gasteiger charge is -2.11. The molecule has 0 unspecified atom stereocenters. The van der Waals surface area contributed by atoms with Crippen LogP contribution in [-0.2, 0) is 0 Å². The SMILES string of the molecule is CN(C)c1ccc(C=Cc2ccc3c(=O)c4ccccc4oc3c2)cc1. The molecular formula is C23H19NO2.